The zero-order valence-corrected chi connectivity index (χ0v) is 20.7. The van der Waals surface area contributed by atoms with E-state index < -0.39 is 5.54 Å². The van der Waals surface area contributed by atoms with Crippen molar-refractivity contribution in [3.8, 4) is 5.75 Å². The molecule has 9 heteroatoms. The number of imide groups is 1. The summed E-state index contributed by atoms with van der Waals surface area (Å²) in [5.41, 5.74) is 0.276. The van der Waals surface area contributed by atoms with Crippen LogP contribution in [0.3, 0.4) is 0 Å². The molecule has 0 bridgehead atoms. The molecule has 0 radical (unpaired) electrons. The van der Waals surface area contributed by atoms with E-state index >= 15 is 0 Å². The Bertz CT molecular complexity index is 895. The van der Waals surface area contributed by atoms with Crippen LogP contribution in [0.4, 0.5) is 4.79 Å². The molecule has 192 valence electrons. The maximum absolute atomic E-state index is 12.7. The quantitative estimate of drug-likeness (QED) is 0.466. The number of benzene rings is 1. The average molecular weight is 487 g/mol. The van der Waals surface area contributed by atoms with Gasteiger partial charge in [-0.3, -0.25) is 19.4 Å². The topological polar surface area (TPSA) is 100 Å². The van der Waals surface area contributed by atoms with Crippen LogP contribution >= 0.6 is 0 Å². The van der Waals surface area contributed by atoms with Crippen molar-refractivity contribution in [1.82, 2.24) is 20.4 Å². The van der Waals surface area contributed by atoms with Gasteiger partial charge >= 0.3 is 6.03 Å². The fourth-order valence-corrected chi connectivity index (χ4v) is 5.24. The Kier molecular flexibility index (Phi) is 8.62. The molecule has 0 atom stereocenters. The molecule has 2 N–H and O–H groups in total. The maximum atomic E-state index is 12.7. The zero-order chi connectivity index (χ0) is 24.7. The SMILES string of the molecule is CN(CCOc1cccc(CNC(=O)CCCN2C(=O)NC3(CCCC3)C2=O)c1)C1CCOCC1. The number of hydrogen-bond acceptors (Lipinski definition) is 6. The molecule has 9 nitrogen and oxygen atoms in total. The van der Waals surface area contributed by atoms with Crippen LogP contribution in [0, 0.1) is 0 Å². The molecule has 1 aromatic rings. The van der Waals surface area contributed by atoms with Crippen molar-refractivity contribution >= 4 is 17.8 Å². The van der Waals surface area contributed by atoms with E-state index in [4.69, 9.17) is 9.47 Å². The molecule has 1 saturated carbocycles. The molecule has 2 aliphatic heterocycles. The number of hydrogen-bond donors (Lipinski definition) is 2. The van der Waals surface area contributed by atoms with Crippen LogP contribution < -0.4 is 15.4 Å². The lowest BCUT2D eigenvalue weighted by Crippen LogP contribution is -2.44. The number of nitrogens with one attached hydrogen (secondary N) is 2. The van der Waals surface area contributed by atoms with Gasteiger partial charge in [-0.1, -0.05) is 25.0 Å². The van der Waals surface area contributed by atoms with Crippen molar-refractivity contribution < 1.29 is 23.9 Å². The summed E-state index contributed by atoms with van der Waals surface area (Å²) in [6.45, 7) is 3.79. The minimum Gasteiger partial charge on any atom is -0.492 e. The molecular weight excluding hydrogens is 448 g/mol. The Balaban J connectivity index is 1.14. The van der Waals surface area contributed by atoms with Gasteiger partial charge < -0.3 is 20.1 Å². The molecule has 1 aromatic carbocycles. The van der Waals surface area contributed by atoms with Crippen molar-refractivity contribution in [2.75, 3.05) is 40.0 Å². The Labute approximate surface area is 207 Å². The number of likely N-dealkylation sites (N-methyl/N-ethyl adjacent to an activating group) is 1. The van der Waals surface area contributed by atoms with E-state index in [1.54, 1.807) is 0 Å². The lowest BCUT2D eigenvalue weighted by atomic mass is 9.98. The third-order valence-corrected chi connectivity index (χ3v) is 7.40. The largest absolute Gasteiger partial charge is 0.492 e. The van der Waals surface area contributed by atoms with Gasteiger partial charge in [-0.05, 0) is 56.8 Å². The minimum absolute atomic E-state index is 0.1000. The van der Waals surface area contributed by atoms with E-state index in [-0.39, 0.29) is 30.8 Å². The molecule has 4 rings (SSSR count). The summed E-state index contributed by atoms with van der Waals surface area (Å²) in [5.74, 6) is 0.560. The monoisotopic (exact) mass is 486 g/mol. The molecular formula is C26H38N4O5. The Morgan fingerprint density at radius 1 is 1.26 bits per heavy atom. The smallest absolute Gasteiger partial charge is 0.325 e. The van der Waals surface area contributed by atoms with Crippen LogP contribution in [-0.2, 0) is 20.9 Å². The zero-order valence-electron chi connectivity index (χ0n) is 20.7. The second-order valence-electron chi connectivity index (χ2n) is 9.88. The molecule has 2 heterocycles. The first-order valence-corrected chi connectivity index (χ1v) is 12.9. The summed E-state index contributed by atoms with van der Waals surface area (Å²) in [5, 5.41) is 5.80. The molecule has 0 aromatic heterocycles. The number of ether oxygens (including phenoxy) is 2. The van der Waals surface area contributed by atoms with Gasteiger partial charge in [0, 0.05) is 45.3 Å². The Morgan fingerprint density at radius 2 is 2.03 bits per heavy atom. The predicted octanol–water partition coefficient (Wildman–Crippen LogP) is 2.44. The molecule has 4 amide bonds. The van der Waals surface area contributed by atoms with Gasteiger partial charge in [0.15, 0.2) is 0 Å². The molecule has 3 aliphatic rings. The van der Waals surface area contributed by atoms with Crippen molar-refractivity contribution in [2.24, 2.45) is 0 Å². The highest BCUT2D eigenvalue weighted by Gasteiger charge is 2.52. The highest BCUT2D eigenvalue weighted by molar-refractivity contribution is 6.07. The Morgan fingerprint density at radius 3 is 2.80 bits per heavy atom. The second-order valence-corrected chi connectivity index (χ2v) is 9.88. The van der Waals surface area contributed by atoms with Crippen LogP contribution in [0.15, 0.2) is 24.3 Å². The van der Waals surface area contributed by atoms with Gasteiger partial charge in [0.2, 0.25) is 5.91 Å². The van der Waals surface area contributed by atoms with Crippen LogP contribution in [-0.4, -0.2) is 79.2 Å². The van der Waals surface area contributed by atoms with Crippen LogP contribution in [0.1, 0.15) is 56.9 Å². The van der Waals surface area contributed by atoms with Gasteiger partial charge in [0.1, 0.15) is 17.9 Å². The van der Waals surface area contributed by atoms with E-state index in [0.29, 0.717) is 38.5 Å². The standard InChI is InChI=1S/C26H38N4O5/c1-29(21-9-15-34-16-10-21)14-17-35-22-7-4-6-20(18-22)19-27-23(31)8-5-13-30-24(32)26(28-25(30)33)11-2-3-12-26/h4,6-7,18,21H,2-3,5,8-17,19H2,1H3,(H,27,31)(H,28,33). The lowest BCUT2D eigenvalue weighted by Gasteiger charge is -2.31. The molecule has 2 saturated heterocycles. The second kappa shape index (κ2) is 11.9. The summed E-state index contributed by atoms with van der Waals surface area (Å²) < 4.78 is 11.4. The van der Waals surface area contributed by atoms with Crippen molar-refractivity contribution in [3.05, 3.63) is 29.8 Å². The highest BCUT2D eigenvalue weighted by Crippen LogP contribution is 2.35. The highest BCUT2D eigenvalue weighted by atomic mass is 16.5. The number of carbonyl (C=O) groups is 3. The van der Waals surface area contributed by atoms with Crippen LogP contribution in [0.5, 0.6) is 5.75 Å². The van der Waals surface area contributed by atoms with Crippen LogP contribution in [0.2, 0.25) is 0 Å². The van der Waals surface area contributed by atoms with Gasteiger partial charge in [-0.25, -0.2) is 4.79 Å². The summed E-state index contributed by atoms with van der Waals surface area (Å²) in [4.78, 5) is 40.8. The minimum atomic E-state index is -0.688. The van der Waals surface area contributed by atoms with E-state index in [1.165, 1.54) is 4.90 Å². The lowest BCUT2D eigenvalue weighted by molar-refractivity contribution is -0.131. The summed E-state index contributed by atoms with van der Waals surface area (Å²) >= 11 is 0. The van der Waals surface area contributed by atoms with E-state index in [9.17, 15) is 14.4 Å². The Hall–Kier alpha value is -2.65. The normalized spacial score (nSPS) is 20.0. The van der Waals surface area contributed by atoms with E-state index in [1.807, 2.05) is 24.3 Å². The first-order chi connectivity index (χ1) is 17.0. The molecule has 0 unspecified atom stereocenters. The number of urea groups is 1. The number of nitrogens with zero attached hydrogens (tertiary/aromatic N) is 2. The number of carbonyl (C=O) groups excluding carboxylic acids is 3. The average Bonchev–Trinajstić information content (AvgIpc) is 3.43. The van der Waals surface area contributed by atoms with Gasteiger partial charge in [0.25, 0.3) is 5.91 Å². The third-order valence-electron chi connectivity index (χ3n) is 7.40. The number of amides is 4. The van der Waals surface area contributed by atoms with Crippen molar-refractivity contribution in [1.29, 1.82) is 0 Å². The maximum Gasteiger partial charge on any atom is 0.325 e. The third kappa shape index (κ3) is 6.52. The molecule has 1 aliphatic carbocycles. The predicted molar refractivity (Wildman–Crippen MR) is 131 cm³/mol. The molecule has 35 heavy (non-hydrogen) atoms. The summed E-state index contributed by atoms with van der Waals surface area (Å²) in [7, 11) is 2.13. The van der Waals surface area contributed by atoms with Gasteiger partial charge in [-0.2, -0.15) is 0 Å². The first kappa shape index (κ1) is 25.4. The molecule has 1 spiro atoms. The van der Waals surface area contributed by atoms with E-state index in [2.05, 4.69) is 22.6 Å². The van der Waals surface area contributed by atoms with Crippen LogP contribution in [0.25, 0.3) is 0 Å². The van der Waals surface area contributed by atoms with Gasteiger partial charge in [0.05, 0.1) is 0 Å². The van der Waals surface area contributed by atoms with Gasteiger partial charge in [-0.15, -0.1) is 0 Å². The first-order valence-electron chi connectivity index (χ1n) is 12.9. The molecule has 3 fully saturated rings. The van der Waals surface area contributed by atoms with Crippen molar-refractivity contribution in [2.45, 2.75) is 69.5 Å². The van der Waals surface area contributed by atoms with E-state index in [0.717, 1.165) is 56.8 Å². The van der Waals surface area contributed by atoms with Crippen molar-refractivity contribution in [3.63, 3.8) is 0 Å². The summed E-state index contributed by atoms with van der Waals surface area (Å²) in [6.07, 6.45) is 6.18. The summed E-state index contributed by atoms with van der Waals surface area (Å²) in [6, 6.07) is 7.98. The number of rotatable bonds is 11. The fraction of sp³-hybridized carbons (Fsp3) is 0.654. The fourth-order valence-electron chi connectivity index (χ4n) is 5.24.